The lowest BCUT2D eigenvalue weighted by Crippen LogP contribution is -2.52. The number of carbonyl (C=O) groups excluding carboxylic acids is 1. The van der Waals surface area contributed by atoms with E-state index in [0.29, 0.717) is 31.3 Å². The molecule has 2 atom stereocenters. The van der Waals surface area contributed by atoms with Crippen molar-refractivity contribution in [2.75, 3.05) is 25.0 Å². The molecular weight excluding hydrogens is 322 g/mol. The summed E-state index contributed by atoms with van der Waals surface area (Å²) in [5, 5.41) is 11.0. The maximum absolute atomic E-state index is 12.6. The largest absolute Gasteiger partial charge is 0.374 e. The van der Waals surface area contributed by atoms with Crippen LogP contribution in [0.4, 0.5) is 5.82 Å². The molecule has 0 bridgehead atoms. The number of aromatic nitrogens is 3. The molecule has 1 amide bonds. The van der Waals surface area contributed by atoms with Crippen molar-refractivity contribution < 1.29 is 14.1 Å². The van der Waals surface area contributed by atoms with Gasteiger partial charge in [-0.15, -0.1) is 0 Å². The van der Waals surface area contributed by atoms with E-state index < -0.39 is 0 Å². The molecule has 1 saturated heterocycles. The van der Waals surface area contributed by atoms with E-state index in [0.717, 1.165) is 18.5 Å². The summed E-state index contributed by atoms with van der Waals surface area (Å²) in [4.78, 5) is 14.8. The van der Waals surface area contributed by atoms with Gasteiger partial charge in [0.1, 0.15) is 5.76 Å². The van der Waals surface area contributed by atoms with E-state index in [1.54, 1.807) is 13.0 Å². The van der Waals surface area contributed by atoms with Gasteiger partial charge in [-0.1, -0.05) is 12.1 Å². The molecule has 2 aromatic rings. The highest BCUT2D eigenvalue weighted by atomic mass is 16.5. The summed E-state index contributed by atoms with van der Waals surface area (Å²) in [5.41, 5.74) is 1.13. The van der Waals surface area contributed by atoms with Gasteiger partial charge in [-0.2, -0.15) is 5.10 Å². The Morgan fingerprint density at radius 2 is 2.32 bits per heavy atom. The number of rotatable bonds is 6. The van der Waals surface area contributed by atoms with E-state index in [2.05, 4.69) is 20.5 Å². The van der Waals surface area contributed by atoms with Gasteiger partial charge in [0.15, 0.2) is 5.82 Å². The Hall–Kier alpha value is -2.19. The molecule has 0 saturated carbocycles. The number of anilines is 1. The van der Waals surface area contributed by atoms with Crippen LogP contribution in [0, 0.1) is 13.8 Å². The number of aryl methyl sites for hydroxylation is 2. The lowest BCUT2D eigenvalue weighted by Gasteiger charge is -2.37. The first-order valence-corrected chi connectivity index (χ1v) is 8.64. The van der Waals surface area contributed by atoms with E-state index in [1.165, 1.54) is 0 Å². The number of nitrogens with one attached hydrogen (secondary N) is 1. The minimum Gasteiger partial charge on any atom is -0.374 e. The van der Waals surface area contributed by atoms with Crippen molar-refractivity contribution in [2.45, 2.75) is 45.9 Å². The summed E-state index contributed by atoms with van der Waals surface area (Å²) in [6.45, 7) is 8.55. The topological polar surface area (TPSA) is 85.4 Å². The summed E-state index contributed by atoms with van der Waals surface area (Å²) in [5.74, 6) is 1.06. The van der Waals surface area contributed by atoms with E-state index in [1.807, 2.05) is 30.9 Å². The monoisotopic (exact) mass is 347 g/mol. The molecule has 1 aliphatic rings. The summed E-state index contributed by atoms with van der Waals surface area (Å²) in [7, 11) is 0. The molecule has 0 unspecified atom stereocenters. The average Bonchev–Trinajstić information content (AvgIpc) is 3.17. The third-order valence-corrected chi connectivity index (χ3v) is 4.33. The van der Waals surface area contributed by atoms with Gasteiger partial charge in [0.05, 0.1) is 31.5 Å². The summed E-state index contributed by atoms with van der Waals surface area (Å²) in [6, 6.07) is 1.50. The second kappa shape index (κ2) is 7.79. The molecule has 0 aromatic carbocycles. The summed E-state index contributed by atoms with van der Waals surface area (Å²) in [6.07, 6.45) is 4.57. The Labute approximate surface area is 147 Å². The molecule has 8 heteroatoms. The van der Waals surface area contributed by atoms with Crippen molar-refractivity contribution >= 4 is 11.7 Å². The maximum Gasteiger partial charge on any atom is 0.242 e. The van der Waals surface area contributed by atoms with Gasteiger partial charge >= 0.3 is 0 Å². The first kappa shape index (κ1) is 17.6. The van der Waals surface area contributed by atoms with E-state index in [9.17, 15) is 4.79 Å². The fraction of sp³-hybridized carbons (Fsp3) is 0.588. The molecular formula is C17H25N5O3. The number of hydrogen-bond acceptors (Lipinski definition) is 6. The first-order valence-electron chi connectivity index (χ1n) is 8.64. The Morgan fingerprint density at radius 3 is 2.96 bits per heavy atom. The average molecular weight is 347 g/mol. The fourth-order valence-electron chi connectivity index (χ4n) is 3.16. The van der Waals surface area contributed by atoms with Crippen LogP contribution in [0.15, 0.2) is 23.0 Å². The van der Waals surface area contributed by atoms with Gasteiger partial charge in [0, 0.05) is 25.4 Å². The van der Waals surface area contributed by atoms with Crippen LogP contribution < -0.4 is 5.32 Å². The highest BCUT2D eigenvalue weighted by Crippen LogP contribution is 2.16. The van der Waals surface area contributed by atoms with Gasteiger partial charge in [0.2, 0.25) is 5.91 Å². The fourth-order valence-corrected chi connectivity index (χ4v) is 3.16. The van der Waals surface area contributed by atoms with E-state index in [-0.39, 0.29) is 18.1 Å². The molecule has 1 aliphatic heterocycles. The van der Waals surface area contributed by atoms with Crippen molar-refractivity contribution in [3.8, 4) is 0 Å². The van der Waals surface area contributed by atoms with Gasteiger partial charge in [-0.3, -0.25) is 14.4 Å². The smallest absolute Gasteiger partial charge is 0.242 e. The molecule has 0 aliphatic carbocycles. The van der Waals surface area contributed by atoms with Crippen molar-refractivity contribution in [1.82, 2.24) is 19.8 Å². The minimum absolute atomic E-state index is 0.0178. The van der Waals surface area contributed by atoms with Gasteiger partial charge in [0.25, 0.3) is 0 Å². The van der Waals surface area contributed by atoms with Crippen molar-refractivity contribution in [3.05, 3.63) is 29.8 Å². The molecule has 0 radical (unpaired) electrons. The van der Waals surface area contributed by atoms with Crippen LogP contribution in [0.3, 0.4) is 0 Å². The molecule has 8 nitrogen and oxygen atoms in total. The summed E-state index contributed by atoms with van der Waals surface area (Å²) >= 11 is 0. The third-order valence-electron chi connectivity index (χ3n) is 4.33. The summed E-state index contributed by atoms with van der Waals surface area (Å²) < 4.78 is 12.7. The predicted molar refractivity (Wildman–Crippen MR) is 92.2 cm³/mol. The third kappa shape index (κ3) is 4.46. The highest BCUT2D eigenvalue weighted by molar-refractivity contribution is 5.94. The minimum atomic E-state index is -0.220. The first-order chi connectivity index (χ1) is 12.0. The number of hydrogen-bond donors (Lipinski definition) is 1. The van der Waals surface area contributed by atoms with Gasteiger partial charge in [-0.05, 0) is 25.8 Å². The highest BCUT2D eigenvalue weighted by Gasteiger charge is 2.30. The van der Waals surface area contributed by atoms with Crippen LogP contribution >= 0.6 is 0 Å². The zero-order chi connectivity index (χ0) is 17.8. The van der Waals surface area contributed by atoms with Gasteiger partial charge < -0.3 is 14.6 Å². The lowest BCUT2D eigenvalue weighted by atomic mass is 10.1. The standard InChI is InChI=1S/C17H25N5O3/c1-4-15(17(23)19-16-7-13(3)25-20-16)21-5-6-24-14(10-21)11-22-9-12(2)8-18-22/h7-9,14-15H,4-6,10-11H2,1-3H3,(H,19,20,23)/t14-,15+/m1/s1. The number of amides is 1. The zero-order valence-corrected chi connectivity index (χ0v) is 14.9. The molecule has 0 spiro atoms. The molecule has 1 fully saturated rings. The second-order valence-corrected chi connectivity index (χ2v) is 6.46. The van der Waals surface area contributed by atoms with E-state index >= 15 is 0 Å². The Kier molecular flexibility index (Phi) is 5.50. The number of ether oxygens (including phenoxy) is 1. The van der Waals surface area contributed by atoms with Crippen LogP contribution in [-0.4, -0.2) is 57.6 Å². The normalized spacial score (nSPS) is 19.7. The predicted octanol–water partition coefficient (Wildman–Crippen LogP) is 1.61. The van der Waals surface area contributed by atoms with Crippen LogP contribution in [0.1, 0.15) is 24.7 Å². The van der Waals surface area contributed by atoms with Crippen LogP contribution in [0.2, 0.25) is 0 Å². The van der Waals surface area contributed by atoms with Crippen LogP contribution in [0.5, 0.6) is 0 Å². The Bertz CT molecular complexity index is 711. The molecule has 3 rings (SSSR count). The molecule has 25 heavy (non-hydrogen) atoms. The number of carbonyl (C=O) groups is 1. The van der Waals surface area contributed by atoms with Crippen LogP contribution in [-0.2, 0) is 16.1 Å². The number of nitrogens with zero attached hydrogens (tertiary/aromatic N) is 4. The number of morpholine rings is 1. The SMILES string of the molecule is CC[C@@H](C(=O)Nc1cc(C)on1)N1CCO[C@@H](Cn2cc(C)cn2)C1. The van der Waals surface area contributed by atoms with Crippen molar-refractivity contribution in [1.29, 1.82) is 0 Å². The van der Waals surface area contributed by atoms with Crippen molar-refractivity contribution in [3.63, 3.8) is 0 Å². The van der Waals surface area contributed by atoms with Crippen molar-refractivity contribution in [2.24, 2.45) is 0 Å². The quantitative estimate of drug-likeness (QED) is 0.854. The van der Waals surface area contributed by atoms with Gasteiger partial charge in [-0.25, -0.2) is 0 Å². The second-order valence-electron chi connectivity index (χ2n) is 6.46. The molecule has 2 aromatic heterocycles. The Balaban J connectivity index is 1.60. The maximum atomic E-state index is 12.6. The lowest BCUT2D eigenvalue weighted by molar-refractivity contribution is -0.125. The molecule has 136 valence electrons. The zero-order valence-electron chi connectivity index (χ0n) is 14.9. The van der Waals surface area contributed by atoms with E-state index in [4.69, 9.17) is 9.26 Å². The van der Waals surface area contributed by atoms with Crippen LogP contribution in [0.25, 0.3) is 0 Å². The molecule has 3 heterocycles. The molecule has 1 N–H and O–H groups in total. The Morgan fingerprint density at radius 1 is 1.48 bits per heavy atom.